The Morgan fingerprint density at radius 2 is 1.85 bits per heavy atom. The van der Waals surface area contributed by atoms with Crippen LogP contribution in [0.1, 0.15) is 63.9 Å². The predicted octanol–water partition coefficient (Wildman–Crippen LogP) is 4.25. The number of hydrogen-bond donors (Lipinski definition) is 2. The number of aromatic nitrogens is 2. The van der Waals surface area contributed by atoms with E-state index in [1.54, 1.807) is 12.4 Å². The monoisotopic (exact) mass is 464 g/mol. The average Bonchev–Trinajstić information content (AvgIpc) is 3.12. The fourth-order valence-corrected chi connectivity index (χ4v) is 5.46. The van der Waals surface area contributed by atoms with Gasteiger partial charge in [0.15, 0.2) is 5.82 Å². The van der Waals surface area contributed by atoms with E-state index in [4.69, 9.17) is 4.74 Å². The maximum Gasteiger partial charge on any atom is 0.316 e. The summed E-state index contributed by atoms with van der Waals surface area (Å²) in [5, 5.41) is 5.92. The van der Waals surface area contributed by atoms with Gasteiger partial charge < -0.3 is 15.4 Å². The van der Waals surface area contributed by atoms with Gasteiger partial charge in [-0.2, -0.15) is 0 Å². The van der Waals surface area contributed by atoms with Gasteiger partial charge in [0.1, 0.15) is 6.10 Å². The van der Waals surface area contributed by atoms with E-state index in [0.29, 0.717) is 24.2 Å². The highest BCUT2D eigenvalue weighted by Crippen LogP contribution is 2.44. The molecule has 2 aromatic rings. The van der Waals surface area contributed by atoms with E-state index in [1.807, 2.05) is 18.2 Å². The molecule has 1 aromatic heterocycles. The molecule has 4 rings (SSSR count). The summed E-state index contributed by atoms with van der Waals surface area (Å²) in [4.78, 5) is 33.7. The lowest BCUT2D eigenvalue weighted by Crippen LogP contribution is -2.48. The van der Waals surface area contributed by atoms with E-state index < -0.39 is 5.41 Å². The van der Waals surface area contributed by atoms with E-state index >= 15 is 0 Å². The van der Waals surface area contributed by atoms with Crippen molar-refractivity contribution in [3.8, 4) is 0 Å². The van der Waals surface area contributed by atoms with E-state index in [-0.39, 0.29) is 24.5 Å². The number of hydrogen-bond acceptors (Lipinski definition) is 6. The Morgan fingerprint density at radius 1 is 1.09 bits per heavy atom. The van der Waals surface area contributed by atoms with E-state index in [2.05, 4.69) is 39.7 Å². The lowest BCUT2D eigenvalue weighted by molar-refractivity contribution is -0.171. The molecule has 0 radical (unpaired) electrons. The first-order chi connectivity index (χ1) is 16.6. The Kier molecular flexibility index (Phi) is 8.27. The van der Waals surface area contributed by atoms with Crippen LogP contribution in [0.4, 0.5) is 5.82 Å². The second-order valence-electron chi connectivity index (χ2n) is 9.79. The van der Waals surface area contributed by atoms with Crippen molar-refractivity contribution in [1.82, 2.24) is 15.3 Å². The van der Waals surface area contributed by atoms with Gasteiger partial charge in [0.05, 0.1) is 18.2 Å². The summed E-state index contributed by atoms with van der Waals surface area (Å²) in [7, 11) is 0. The number of carbonyl (C=O) groups excluding carboxylic acids is 2. The third kappa shape index (κ3) is 5.81. The average molecular weight is 465 g/mol. The van der Waals surface area contributed by atoms with E-state index in [1.165, 1.54) is 19.0 Å². The molecular weight excluding hydrogens is 428 g/mol. The third-order valence-corrected chi connectivity index (χ3v) is 7.52. The van der Waals surface area contributed by atoms with Crippen molar-refractivity contribution in [3.63, 3.8) is 0 Å². The Morgan fingerprint density at radius 3 is 2.53 bits per heavy atom. The normalized spacial score (nSPS) is 23.9. The molecule has 0 spiro atoms. The van der Waals surface area contributed by atoms with Crippen molar-refractivity contribution in [1.29, 1.82) is 0 Å². The maximum atomic E-state index is 13.6. The van der Waals surface area contributed by atoms with Crippen LogP contribution in [0.15, 0.2) is 48.9 Å². The number of carbonyl (C=O) groups is 2. The van der Waals surface area contributed by atoms with Gasteiger partial charge in [-0.25, -0.2) is 4.98 Å². The van der Waals surface area contributed by atoms with Crippen LogP contribution in [0.3, 0.4) is 0 Å². The van der Waals surface area contributed by atoms with Gasteiger partial charge >= 0.3 is 5.97 Å². The number of amides is 1. The Bertz CT molecular complexity index is 929. The topological polar surface area (TPSA) is 93.2 Å². The molecule has 2 unspecified atom stereocenters. The smallest absolute Gasteiger partial charge is 0.316 e. The van der Waals surface area contributed by atoms with Crippen LogP contribution in [-0.2, 0) is 19.7 Å². The quantitative estimate of drug-likeness (QED) is 0.327. The standard InChI is InChI=1S/C27H36N4O3/c1-20-17-23(22(20)11-14-28-19-25(32)31-24-18-29-15-16-30-24)34-26(33)27(12-7-2-3-8-13-27)21-9-5-4-6-10-21/h4-6,9-10,15-16,18,20,22-23,28H,2-3,7-8,11-14,17,19H2,1H3,(H,30,31,32)/t20?,22?,23-/m0/s1. The lowest BCUT2D eigenvalue weighted by Gasteiger charge is -2.44. The van der Waals surface area contributed by atoms with Crippen LogP contribution in [0.5, 0.6) is 0 Å². The van der Waals surface area contributed by atoms with Crippen LogP contribution in [0.25, 0.3) is 0 Å². The van der Waals surface area contributed by atoms with Crippen molar-refractivity contribution in [2.45, 2.75) is 69.8 Å². The second-order valence-corrected chi connectivity index (χ2v) is 9.79. The first-order valence-electron chi connectivity index (χ1n) is 12.6. The molecule has 1 heterocycles. The summed E-state index contributed by atoms with van der Waals surface area (Å²) in [6.45, 7) is 3.12. The molecule has 2 aliphatic rings. The molecule has 7 nitrogen and oxygen atoms in total. The first-order valence-corrected chi connectivity index (χ1v) is 12.6. The van der Waals surface area contributed by atoms with Gasteiger partial charge in [0.25, 0.3) is 0 Å². The Balaban J connectivity index is 1.29. The van der Waals surface area contributed by atoms with Gasteiger partial charge in [-0.3, -0.25) is 14.6 Å². The first kappa shape index (κ1) is 24.3. The van der Waals surface area contributed by atoms with Crippen LogP contribution >= 0.6 is 0 Å². The zero-order valence-electron chi connectivity index (χ0n) is 20.0. The summed E-state index contributed by atoms with van der Waals surface area (Å²) >= 11 is 0. The number of esters is 1. The second kappa shape index (κ2) is 11.6. The van der Waals surface area contributed by atoms with E-state index in [0.717, 1.165) is 44.1 Å². The molecule has 2 N–H and O–H groups in total. The molecule has 0 aliphatic heterocycles. The molecule has 2 saturated carbocycles. The van der Waals surface area contributed by atoms with Gasteiger partial charge in [0.2, 0.25) is 5.91 Å². The molecule has 7 heteroatoms. The molecule has 1 aromatic carbocycles. The van der Waals surface area contributed by atoms with Crippen molar-refractivity contribution in [3.05, 3.63) is 54.5 Å². The Hall–Kier alpha value is -2.80. The van der Waals surface area contributed by atoms with Gasteiger partial charge in [-0.05, 0) is 49.6 Å². The molecule has 0 bridgehead atoms. The number of nitrogens with one attached hydrogen (secondary N) is 2. The molecular formula is C27H36N4O3. The number of benzene rings is 1. The number of nitrogens with zero attached hydrogens (tertiary/aromatic N) is 2. The highest BCUT2D eigenvalue weighted by Gasteiger charge is 2.46. The highest BCUT2D eigenvalue weighted by atomic mass is 16.5. The van der Waals surface area contributed by atoms with Crippen LogP contribution < -0.4 is 10.6 Å². The van der Waals surface area contributed by atoms with Crippen molar-refractivity contribution < 1.29 is 14.3 Å². The fraction of sp³-hybridized carbons (Fsp3) is 0.556. The molecule has 0 saturated heterocycles. The molecule has 2 aliphatic carbocycles. The van der Waals surface area contributed by atoms with Gasteiger partial charge in [-0.1, -0.05) is 62.9 Å². The summed E-state index contributed by atoms with van der Waals surface area (Å²) in [5.74, 6) is 1.08. The third-order valence-electron chi connectivity index (χ3n) is 7.52. The molecule has 2 fully saturated rings. The van der Waals surface area contributed by atoms with Crippen LogP contribution in [0, 0.1) is 11.8 Å². The van der Waals surface area contributed by atoms with Crippen LogP contribution in [-0.4, -0.2) is 41.0 Å². The van der Waals surface area contributed by atoms with Crippen molar-refractivity contribution in [2.24, 2.45) is 11.8 Å². The maximum absolute atomic E-state index is 13.6. The zero-order chi connectivity index (χ0) is 23.8. The van der Waals surface area contributed by atoms with Crippen LogP contribution in [0.2, 0.25) is 0 Å². The highest BCUT2D eigenvalue weighted by molar-refractivity contribution is 5.91. The van der Waals surface area contributed by atoms with E-state index in [9.17, 15) is 9.59 Å². The van der Waals surface area contributed by atoms with Crippen molar-refractivity contribution >= 4 is 17.7 Å². The molecule has 3 atom stereocenters. The SMILES string of the molecule is CC1C[C@H](OC(=O)C2(c3ccccc3)CCCCCC2)C1CCNCC(=O)Nc1cnccn1. The summed E-state index contributed by atoms with van der Waals surface area (Å²) in [6, 6.07) is 10.2. The minimum absolute atomic E-state index is 0.0402. The van der Waals surface area contributed by atoms with Gasteiger partial charge in [0, 0.05) is 12.4 Å². The summed E-state index contributed by atoms with van der Waals surface area (Å²) in [6.07, 6.45) is 12.6. The molecule has 34 heavy (non-hydrogen) atoms. The summed E-state index contributed by atoms with van der Waals surface area (Å²) < 4.78 is 6.22. The number of anilines is 1. The zero-order valence-corrected chi connectivity index (χ0v) is 20.0. The predicted molar refractivity (Wildman–Crippen MR) is 131 cm³/mol. The van der Waals surface area contributed by atoms with Gasteiger partial charge in [-0.15, -0.1) is 0 Å². The molecule has 1 amide bonds. The lowest BCUT2D eigenvalue weighted by atomic mass is 9.69. The fourth-order valence-electron chi connectivity index (χ4n) is 5.46. The minimum Gasteiger partial charge on any atom is -0.461 e. The largest absolute Gasteiger partial charge is 0.461 e. The number of rotatable bonds is 9. The van der Waals surface area contributed by atoms with Crippen molar-refractivity contribution in [2.75, 3.05) is 18.4 Å². The molecule has 182 valence electrons. The number of ether oxygens (including phenoxy) is 1. The Labute approximate surface area is 202 Å². The summed E-state index contributed by atoms with van der Waals surface area (Å²) in [5.41, 5.74) is 0.583. The minimum atomic E-state index is -0.516.